The first-order chi connectivity index (χ1) is 5.74. The molecular weight excluding hydrogens is 156 g/mol. The molecule has 0 spiro atoms. The molecule has 0 aliphatic rings. The number of para-hydroxylation sites is 2. The molecule has 0 saturated carbocycles. The smallest absolute Gasteiger partial charge is 0.308 e. The van der Waals surface area contributed by atoms with Crippen LogP contribution in [0.2, 0.25) is 0 Å². The summed E-state index contributed by atoms with van der Waals surface area (Å²) in [5.41, 5.74) is 0. The van der Waals surface area contributed by atoms with Crippen molar-refractivity contribution in [1.82, 2.24) is 0 Å². The van der Waals surface area contributed by atoms with Gasteiger partial charge in [-0.1, -0.05) is 12.1 Å². The standard InChI is InChI=1S/C9H10O3/c1-7(10)12-9-6-4-3-5-8(9)11-2/h3-6H,1-2H3. The van der Waals surface area contributed by atoms with Crippen molar-refractivity contribution in [2.75, 3.05) is 7.11 Å². The number of methoxy groups -OCH3 is 1. The maximum absolute atomic E-state index is 10.6. The predicted octanol–water partition coefficient (Wildman–Crippen LogP) is 1.62. The zero-order chi connectivity index (χ0) is 8.97. The Balaban J connectivity index is 2.89. The molecule has 12 heavy (non-hydrogen) atoms. The third-order valence-corrected chi connectivity index (χ3v) is 1.32. The molecule has 0 fully saturated rings. The van der Waals surface area contributed by atoms with Gasteiger partial charge in [-0.3, -0.25) is 4.79 Å². The summed E-state index contributed by atoms with van der Waals surface area (Å²) < 4.78 is 9.84. The number of hydrogen-bond donors (Lipinski definition) is 0. The number of carbonyl (C=O) groups is 1. The van der Waals surface area contributed by atoms with Crippen LogP contribution in [0.1, 0.15) is 6.92 Å². The molecule has 0 heterocycles. The van der Waals surface area contributed by atoms with Crippen LogP contribution in [-0.4, -0.2) is 13.1 Å². The summed E-state index contributed by atoms with van der Waals surface area (Å²) in [5, 5.41) is 0. The van der Waals surface area contributed by atoms with Crippen molar-refractivity contribution in [3.05, 3.63) is 24.3 Å². The van der Waals surface area contributed by atoms with E-state index in [-0.39, 0.29) is 5.97 Å². The molecular formula is C9H10O3. The van der Waals surface area contributed by atoms with Crippen molar-refractivity contribution in [2.45, 2.75) is 6.92 Å². The Morgan fingerprint density at radius 3 is 2.33 bits per heavy atom. The molecule has 0 atom stereocenters. The number of ether oxygens (including phenoxy) is 2. The third-order valence-electron chi connectivity index (χ3n) is 1.32. The highest BCUT2D eigenvalue weighted by Gasteiger charge is 2.03. The first kappa shape index (κ1) is 8.59. The van der Waals surface area contributed by atoms with Crippen LogP contribution < -0.4 is 9.47 Å². The summed E-state index contributed by atoms with van der Waals surface area (Å²) in [6.45, 7) is 1.35. The lowest BCUT2D eigenvalue weighted by Gasteiger charge is -2.05. The molecule has 1 aromatic carbocycles. The van der Waals surface area contributed by atoms with Crippen LogP contribution in [-0.2, 0) is 4.79 Å². The molecule has 0 N–H and O–H groups in total. The lowest BCUT2D eigenvalue weighted by Crippen LogP contribution is -2.02. The Hall–Kier alpha value is -1.51. The highest BCUT2D eigenvalue weighted by Crippen LogP contribution is 2.25. The number of benzene rings is 1. The van der Waals surface area contributed by atoms with Crippen LogP contribution >= 0.6 is 0 Å². The van der Waals surface area contributed by atoms with Crippen LogP contribution in [0.25, 0.3) is 0 Å². The molecule has 0 saturated heterocycles. The largest absolute Gasteiger partial charge is 0.493 e. The van der Waals surface area contributed by atoms with Gasteiger partial charge in [-0.05, 0) is 12.1 Å². The minimum Gasteiger partial charge on any atom is -0.493 e. The summed E-state index contributed by atoms with van der Waals surface area (Å²) in [5.74, 6) is 0.666. The van der Waals surface area contributed by atoms with E-state index in [0.717, 1.165) is 0 Å². The number of carbonyl (C=O) groups excluding carboxylic acids is 1. The van der Waals surface area contributed by atoms with Gasteiger partial charge >= 0.3 is 5.97 Å². The van der Waals surface area contributed by atoms with Crippen molar-refractivity contribution >= 4 is 5.97 Å². The minimum atomic E-state index is -0.348. The molecule has 0 aromatic heterocycles. The van der Waals surface area contributed by atoms with Gasteiger partial charge in [0.25, 0.3) is 0 Å². The van der Waals surface area contributed by atoms with E-state index in [1.54, 1.807) is 18.2 Å². The van der Waals surface area contributed by atoms with Gasteiger partial charge in [0.2, 0.25) is 0 Å². The molecule has 3 nitrogen and oxygen atoms in total. The van der Waals surface area contributed by atoms with Crippen LogP contribution in [0.3, 0.4) is 0 Å². The lowest BCUT2D eigenvalue weighted by molar-refractivity contribution is -0.132. The molecule has 3 heteroatoms. The molecule has 0 radical (unpaired) electrons. The highest BCUT2D eigenvalue weighted by molar-refractivity contribution is 5.70. The van der Waals surface area contributed by atoms with Crippen LogP contribution in [0.15, 0.2) is 24.3 Å². The quantitative estimate of drug-likeness (QED) is 0.494. The normalized spacial score (nSPS) is 9.17. The Morgan fingerprint density at radius 1 is 1.25 bits per heavy atom. The van der Waals surface area contributed by atoms with Crippen molar-refractivity contribution in [3.8, 4) is 11.5 Å². The Bertz CT molecular complexity index is 281. The van der Waals surface area contributed by atoms with Gasteiger partial charge in [0.1, 0.15) is 0 Å². The average molecular weight is 166 g/mol. The summed E-state index contributed by atoms with van der Waals surface area (Å²) in [6.07, 6.45) is 0. The SMILES string of the molecule is COc1ccccc1OC(C)=O. The average Bonchev–Trinajstić information content (AvgIpc) is 2.04. The Morgan fingerprint density at radius 2 is 1.83 bits per heavy atom. The van der Waals surface area contributed by atoms with Gasteiger partial charge in [-0.2, -0.15) is 0 Å². The van der Waals surface area contributed by atoms with Gasteiger partial charge in [0, 0.05) is 6.92 Å². The number of esters is 1. The molecule has 64 valence electrons. The van der Waals surface area contributed by atoms with Gasteiger partial charge in [0.05, 0.1) is 7.11 Å². The van der Waals surface area contributed by atoms with E-state index in [1.165, 1.54) is 14.0 Å². The molecule has 0 bridgehead atoms. The van der Waals surface area contributed by atoms with E-state index in [2.05, 4.69) is 0 Å². The summed E-state index contributed by atoms with van der Waals surface area (Å²) in [4.78, 5) is 10.6. The second-order valence-electron chi connectivity index (χ2n) is 2.24. The van der Waals surface area contributed by atoms with Crippen molar-refractivity contribution in [1.29, 1.82) is 0 Å². The molecule has 0 aliphatic heterocycles. The molecule has 1 rings (SSSR count). The first-order valence-electron chi connectivity index (χ1n) is 3.55. The lowest BCUT2D eigenvalue weighted by atomic mass is 10.3. The van der Waals surface area contributed by atoms with Crippen LogP contribution in [0, 0.1) is 0 Å². The van der Waals surface area contributed by atoms with Gasteiger partial charge < -0.3 is 9.47 Å². The predicted molar refractivity (Wildman–Crippen MR) is 44.3 cm³/mol. The summed E-state index contributed by atoms with van der Waals surface area (Å²) in [7, 11) is 1.53. The second kappa shape index (κ2) is 3.76. The number of rotatable bonds is 2. The summed E-state index contributed by atoms with van der Waals surface area (Å²) >= 11 is 0. The minimum absolute atomic E-state index is 0.348. The molecule has 0 amide bonds. The van der Waals surface area contributed by atoms with E-state index in [1.807, 2.05) is 6.07 Å². The fourth-order valence-electron chi connectivity index (χ4n) is 0.858. The molecule has 0 aliphatic carbocycles. The molecule has 0 unspecified atom stereocenters. The fourth-order valence-corrected chi connectivity index (χ4v) is 0.858. The third kappa shape index (κ3) is 1.99. The topological polar surface area (TPSA) is 35.5 Å². The highest BCUT2D eigenvalue weighted by atomic mass is 16.6. The van der Waals surface area contributed by atoms with E-state index in [9.17, 15) is 4.79 Å². The van der Waals surface area contributed by atoms with Crippen molar-refractivity contribution in [3.63, 3.8) is 0 Å². The maximum Gasteiger partial charge on any atom is 0.308 e. The van der Waals surface area contributed by atoms with E-state index in [0.29, 0.717) is 11.5 Å². The molecule has 1 aromatic rings. The van der Waals surface area contributed by atoms with Crippen LogP contribution in [0.5, 0.6) is 11.5 Å². The van der Waals surface area contributed by atoms with E-state index >= 15 is 0 Å². The van der Waals surface area contributed by atoms with Crippen molar-refractivity contribution in [2.24, 2.45) is 0 Å². The van der Waals surface area contributed by atoms with Gasteiger partial charge in [0.15, 0.2) is 11.5 Å². The van der Waals surface area contributed by atoms with Gasteiger partial charge in [-0.15, -0.1) is 0 Å². The van der Waals surface area contributed by atoms with Crippen molar-refractivity contribution < 1.29 is 14.3 Å². The first-order valence-corrected chi connectivity index (χ1v) is 3.55. The fraction of sp³-hybridized carbons (Fsp3) is 0.222. The second-order valence-corrected chi connectivity index (χ2v) is 2.24. The van der Waals surface area contributed by atoms with Gasteiger partial charge in [-0.25, -0.2) is 0 Å². The van der Waals surface area contributed by atoms with E-state index in [4.69, 9.17) is 9.47 Å². The monoisotopic (exact) mass is 166 g/mol. The summed E-state index contributed by atoms with van der Waals surface area (Å²) in [6, 6.07) is 7.01. The Kier molecular flexibility index (Phi) is 2.69. The zero-order valence-corrected chi connectivity index (χ0v) is 7.03. The zero-order valence-electron chi connectivity index (χ0n) is 7.03. The maximum atomic E-state index is 10.6. The number of hydrogen-bond acceptors (Lipinski definition) is 3. The Labute approximate surface area is 70.9 Å². The van der Waals surface area contributed by atoms with E-state index < -0.39 is 0 Å². The van der Waals surface area contributed by atoms with Crippen LogP contribution in [0.4, 0.5) is 0 Å².